The number of halogens is 1. The molecule has 3 heterocycles. The van der Waals surface area contributed by atoms with Gasteiger partial charge in [0.2, 0.25) is 5.91 Å². The van der Waals surface area contributed by atoms with Gasteiger partial charge in [0.15, 0.2) is 5.78 Å². The minimum Gasteiger partial charge on any atom is -0.379 e. The average Bonchev–Trinajstić information content (AvgIpc) is 2.84. The van der Waals surface area contributed by atoms with Gasteiger partial charge in [-0.2, -0.15) is 0 Å². The van der Waals surface area contributed by atoms with Crippen LogP contribution in [0.15, 0.2) is 18.2 Å². The fraction of sp³-hybridized carbons (Fsp3) is 0.680. The lowest BCUT2D eigenvalue weighted by Gasteiger charge is -2.38. The van der Waals surface area contributed by atoms with Crippen LogP contribution in [0.4, 0.5) is 10.1 Å². The number of carbonyl (C=O) groups excluding carboxylic acids is 2. The Morgan fingerprint density at radius 1 is 0.970 bits per heavy atom. The largest absolute Gasteiger partial charge is 0.379 e. The van der Waals surface area contributed by atoms with E-state index >= 15 is 0 Å². The van der Waals surface area contributed by atoms with Gasteiger partial charge in [0.25, 0.3) is 0 Å². The van der Waals surface area contributed by atoms with Crippen LogP contribution in [0.2, 0.25) is 0 Å². The number of amides is 1. The molecule has 1 aromatic carbocycles. The molecule has 182 valence electrons. The summed E-state index contributed by atoms with van der Waals surface area (Å²) in [6.45, 7) is 11.3. The molecular weight excluding hydrogens is 423 g/mol. The number of Topliss-reactive ketones (excluding diaryl/α,β-unsaturated/α-hetero) is 1. The first kappa shape index (κ1) is 24.1. The van der Waals surface area contributed by atoms with E-state index < -0.39 is 0 Å². The monoisotopic (exact) mass is 460 g/mol. The Morgan fingerprint density at radius 3 is 2.30 bits per heavy atom. The number of benzene rings is 1. The number of morpholine rings is 1. The molecule has 0 saturated carbocycles. The molecule has 3 aliphatic rings. The van der Waals surface area contributed by atoms with Crippen LogP contribution in [0.5, 0.6) is 0 Å². The summed E-state index contributed by atoms with van der Waals surface area (Å²) in [7, 11) is 0. The fourth-order valence-corrected chi connectivity index (χ4v) is 5.09. The lowest BCUT2D eigenvalue weighted by Crippen LogP contribution is -2.52. The Hall–Kier alpha value is -2.03. The highest BCUT2D eigenvalue weighted by atomic mass is 19.1. The second-order valence-electron chi connectivity index (χ2n) is 9.55. The molecule has 4 rings (SSSR count). The Labute approximate surface area is 196 Å². The Balaban J connectivity index is 1.17. The molecule has 0 bridgehead atoms. The van der Waals surface area contributed by atoms with E-state index in [1.807, 2.05) is 9.80 Å². The summed E-state index contributed by atoms with van der Waals surface area (Å²) in [5, 5.41) is 0. The first-order valence-corrected chi connectivity index (χ1v) is 12.4. The van der Waals surface area contributed by atoms with Crippen LogP contribution in [0.25, 0.3) is 0 Å². The maximum atomic E-state index is 14.5. The van der Waals surface area contributed by atoms with Gasteiger partial charge in [0, 0.05) is 44.8 Å². The van der Waals surface area contributed by atoms with Crippen molar-refractivity contribution < 1.29 is 18.7 Å². The normalized spacial score (nSPS) is 21.4. The van der Waals surface area contributed by atoms with Gasteiger partial charge >= 0.3 is 0 Å². The highest BCUT2D eigenvalue weighted by Crippen LogP contribution is 2.23. The van der Waals surface area contributed by atoms with Crippen LogP contribution in [0.3, 0.4) is 0 Å². The first-order valence-electron chi connectivity index (χ1n) is 12.4. The van der Waals surface area contributed by atoms with Crippen molar-refractivity contribution in [2.24, 2.45) is 5.92 Å². The van der Waals surface area contributed by atoms with Gasteiger partial charge in [-0.3, -0.25) is 19.4 Å². The number of anilines is 1. The molecule has 7 nitrogen and oxygen atoms in total. The van der Waals surface area contributed by atoms with Crippen molar-refractivity contribution in [1.29, 1.82) is 0 Å². The van der Waals surface area contributed by atoms with E-state index in [9.17, 15) is 14.0 Å². The van der Waals surface area contributed by atoms with Crippen molar-refractivity contribution in [3.8, 4) is 0 Å². The highest BCUT2D eigenvalue weighted by molar-refractivity contribution is 5.94. The first-order chi connectivity index (χ1) is 16.0. The van der Waals surface area contributed by atoms with E-state index in [0.29, 0.717) is 44.0 Å². The molecule has 0 N–H and O–H groups in total. The maximum Gasteiger partial charge on any atom is 0.236 e. The molecule has 3 aliphatic heterocycles. The molecule has 33 heavy (non-hydrogen) atoms. The Kier molecular flexibility index (Phi) is 8.33. The molecule has 3 saturated heterocycles. The Bertz CT molecular complexity index is 814. The second kappa shape index (κ2) is 11.4. The van der Waals surface area contributed by atoms with Crippen molar-refractivity contribution in [2.75, 3.05) is 83.6 Å². The molecule has 3 fully saturated rings. The lowest BCUT2D eigenvalue weighted by atomic mass is 9.93. The number of carbonyl (C=O) groups is 2. The summed E-state index contributed by atoms with van der Waals surface area (Å²) >= 11 is 0. The number of piperidine rings is 1. The third kappa shape index (κ3) is 6.52. The number of piperazine rings is 1. The van der Waals surface area contributed by atoms with Crippen molar-refractivity contribution in [2.45, 2.75) is 26.2 Å². The molecule has 0 unspecified atom stereocenters. The standard InChI is InChI=1S/C25H37FN4O3/c1-20(31)22-2-3-24(23(26)18-22)29-10-12-30(13-11-29)25(32)19-28-8-5-21(6-9-28)4-7-27-14-16-33-17-15-27/h2-3,18,21H,4-17,19H2,1H3. The number of ether oxygens (including phenoxy) is 1. The second-order valence-corrected chi connectivity index (χ2v) is 9.55. The van der Waals surface area contributed by atoms with Crippen molar-refractivity contribution in [3.63, 3.8) is 0 Å². The maximum absolute atomic E-state index is 14.5. The lowest BCUT2D eigenvalue weighted by molar-refractivity contribution is -0.133. The number of rotatable bonds is 7. The fourth-order valence-electron chi connectivity index (χ4n) is 5.09. The van der Waals surface area contributed by atoms with Gasteiger partial charge in [-0.25, -0.2) is 4.39 Å². The van der Waals surface area contributed by atoms with Gasteiger partial charge < -0.3 is 14.5 Å². The summed E-state index contributed by atoms with van der Waals surface area (Å²) in [6.07, 6.45) is 3.58. The quantitative estimate of drug-likeness (QED) is 0.581. The van der Waals surface area contributed by atoms with Crippen molar-refractivity contribution >= 4 is 17.4 Å². The zero-order chi connectivity index (χ0) is 23.2. The minimum atomic E-state index is -0.376. The molecule has 0 aromatic heterocycles. The topological polar surface area (TPSA) is 56.3 Å². The summed E-state index contributed by atoms with van der Waals surface area (Å²) in [5.74, 6) is 0.414. The van der Waals surface area contributed by atoms with E-state index in [4.69, 9.17) is 4.74 Å². The molecule has 0 radical (unpaired) electrons. The smallest absolute Gasteiger partial charge is 0.236 e. The van der Waals surface area contributed by atoms with Crippen LogP contribution in [0, 0.1) is 11.7 Å². The van der Waals surface area contributed by atoms with Crippen LogP contribution in [-0.2, 0) is 9.53 Å². The van der Waals surface area contributed by atoms with E-state index in [0.717, 1.165) is 51.9 Å². The molecule has 0 atom stereocenters. The summed E-state index contributed by atoms with van der Waals surface area (Å²) in [5.41, 5.74) is 0.890. The third-order valence-electron chi connectivity index (χ3n) is 7.35. The SMILES string of the molecule is CC(=O)c1ccc(N2CCN(C(=O)CN3CCC(CCN4CCOCC4)CC3)CC2)c(F)c1. The summed E-state index contributed by atoms with van der Waals surface area (Å²) in [6, 6.07) is 4.65. The van der Waals surface area contributed by atoms with Crippen molar-refractivity contribution in [1.82, 2.24) is 14.7 Å². The van der Waals surface area contributed by atoms with Gasteiger partial charge in [-0.15, -0.1) is 0 Å². The van der Waals surface area contributed by atoms with E-state index in [1.54, 1.807) is 12.1 Å². The van der Waals surface area contributed by atoms with Crippen LogP contribution >= 0.6 is 0 Å². The van der Waals surface area contributed by atoms with Crippen LogP contribution in [-0.4, -0.2) is 105 Å². The summed E-state index contributed by atoms with van der Waals surface area (Å²) in [4.78, 5) is 33.0. The van der Waals surface area contributed by atoms with Gasteiger partial charge in [0.1, 0.15) is 5.82 Å². The van der Waals surface area contributed by atoms with E-state index in [-0.39, 0.29) is 17.5 Å². The molecular formula is C25H37FN4O3. The molecule has 1 amide bonds. The molecule has 0 spiro atoms. The Morgan fingerprint density at radius 2 is 1.67 bits per heavy atom. The number of hydrogen-bond donors (Lipinski definition) is 0. The van der Waals surface area contributed by atoms with E-state index in [2.05, 4.69) is 9.80 Å². The zero-order valence-electron chi connectivity index (χ0n) is 19.8. The van der Waals surface area contributed by atoms with Gasteiger partial charge in [0.05, 0.1) is 25.4 Å². The predicted molar refractivity (Wildman–Crippen MR) is 126 cm³/mol. The predicted octanol–water partition coefficient (Wildman–Crippen LogP) is 2.11. The van der Waals surface area contributed by atoms with Gasteiger partial charge in [-0.05, 0) is 69.9 Å². The average molecular weight is 461 g/mol. The number of likely N-dealkylation sites (tertiary alicyclic amines) is 1. The van der Waals surface area contributed by atoms with Crippen LogP contribution in [0.1, 0.15) is 36.5 Å². The van der Waals surface area contributed by atoms with Crippen LogP contribution < -0.4 is 4.90 Å². The van der Waals surface area contributed by atoms with Crippen molar-refractivity contribution in [3.05, 3.63) is 29.6 Å². The number of nitrogens with zero attached hydrogens (tertiary/aromatic N) is 4. The number of hydrogen-bond acceptors (Lipinski definition) is 6. The minimum absolute atomic E-state index is 0.142. The summed E-state index contributed by atoms with van der Waals surface area (Å²) < 4.78 is 19.9. The molecule has 0 aliphatic carbocycles. The molecule has 1 aromatic rings. The zero-order valence-corrected chi connectivity index (χ0v) is 19.8. The third-order valence-corrected chi connectivity index (χ3v) is 7.35. The molecule has 8 heteroatoms. The highest BCUT2D eigenvalue weighted by Gasteiger charge is 2.26. The number of ketones is 1. The van der Waals surface area contributed by atoms with Gasteiger partial charge in [-0.1, -0.05) is 0 Å². The van der Waals surface area contributed by atoms with E-state index in [1.165, 1.54) is 32.3 Å².